The molecule has 22 heavy (non-hydrogen) atoms. The second kappa shape index (κ2) is 7.07. The SMILES string of the molecule is CCOC(=O)c1csc2c1CCN(CCc1ccccc1)C2. The fraction of sp³-hybridized carbons (Fsp3) is 0.389. The van der Waals surface area contributed by atoms with Gasteiger partial charge in [-0.2, -0.15) is 0 Å². The van der Waals surface area contributed by atoms with Gasteiger partial charge in [-0.1, -0.05) is 30.3 Å². The molecule has 1 aromatic heterocycles. The zero-order chi connectivity index (χ0) is 15.4. The highest BCUT2D eigenvalue weighted by molar-refractivity contribution is 7.10. The molecule has 0 saturated heterocycles. The highest BCUT2D eigenvalue weighted by Crippen LogP contribution is 2.29. The Kier molecular flexibility index (Phi) is 4.90. The van der Waals surface area contributed by atoms with Crippen molar-refractivity contribution in [2.75, 3.05) is 19.7 Å². The fourth-order valence-electron chi connectivity index (χ4n) is 2.88. The largest absolute Gasteiger partial charge is 0.462 e. The van der Waals surface area contributed by atoms with Crippen LogP contribution in [0, 0.1) is 0 Å². The molecule has 0 N–H and O–H groups in total. The van der Waals surface area contributed by atoms with Crippen molar-refractivity contribution in [1.82, 2.24) is 4.90 Å². The second-order valence-electron chi connectivity index (χ2n) is 5.53. The predicted octanol–water partition coefficient (Wildman–Crippen LogP) is 3.53. The maximum atomic E-state index is 11.9. The molecule has 0 amide bonds. The topological polar surface area (TPSA) is 29.5 Å². The first-order chi connectivity index (χ1) is 10.8. The van der Waals surface area contributed by atoms with E-state index in [2.05, 4.69) is 35.2 Å². The van der Waals surface area contributed by atoms with Crippen LogP contribution in [-0.2, 0) is 24.1 Å². The molecule has 2 aromatic rings. The van der Waals surface area contributed by atoms with Gasteiger partial charge < -0.3 is 4.74 Å². The molecule has 0 saturated carbocycles. The first-order valence-corrected chi connectivity index (χ1v) is 8.68. The number of carbonyl (C=O) groups is 1. The second-order valence-corrected chi connectivity index (χ2v) is 6.50. The molecular formula is C18H21NO2S. The van der Waals surface area contributed by atoms with E-state index in [0.717, 1.165) is 38.0 Å². The molecule has 4 heteroatoms. The van der Waals surface area contributed by atoms with Crippen LogP contribution in [0.4, 0.5) is 0 Å². The molecule has 0 atom stereocenters. The van der Waals surface area contributed by atoms with Crippen molar-refractivity contribution in [3.05, 3.63) is 57.3 Å². The Morgan fingerprint density at radius 3 is 2.91 bits per heavy atom. The zero-order valence-corrected chi connectivity index (χ0v) is 13.7. The lowest BCUT2D eigenvalue weighted by molar-refractivity contribution is 0.0525. The summed E-state index contributed by atoms with van der Waals surface area (Å²) in [5, 5.41) is 1.96. The Morgan fingerprint density at radius 2 is 2.14 bits per heavy atom. The van der Waals surface area contributed by atoms with E-state index in [0.29, 0.717) is 6.61 Å². The molecule has 3 nitrogen and oxygen atoms in total. The van der Waals surface area contributed by atoms with Gasteiger partial charge in [-0.25, -0.2) is 4.79 Å². The number of hydrogen-bond acceptors (Lipinski definition) is 4. The molecule has 0 fully saturated rings. The van der Waals surface area contributed by atoms with Crippen LogP contribution in [0.25, 0.3) is 0 Å². The molecule has 2 heterocycles. The molecular weight excluding hydrogens is 294 g/mol. The van der Waals surface area contributed by atoms with E-state index in [1.807, 2.05) is 12.3 Å². The van der Waals surface area contributed by atoms with E-state index in [9.17, 15) is 4.79 Å². The van der Waals surface area contributed by atoms with Crippen molar-refractivity contribution in [1.29, 1.82) is 0 Å². The summed E-state index contributed by atoms with van der Waals surface area (Å²) in [4.78, 5) is 15.7. The number of nitrogens with zero attached hydrogens (tertiary/aromatic N) is 1. The quantitative estimate of drug-likeness (QED) is 0.791. The summed E-state index contributed by atoms with van der Waals surface area (Å²) in [5.74, 6) is -0.169. The van der Waals surface area contributed by atoms with Crippen LogP contribution in [0.1, 0.15) is 33.3 Å². The Morgan fingerprint density at radius 1 is 1.32 bits per heavy atom. The minimum Gasteiger partial charge on any atom is -0.462 e. The molecule has 3 rings (SSSR count). The number of ether oxygens (including phenoxy) is 1. The summed E-state index contributed by atoms with van der Waals surface area (Å²) in [6.45, 7) is 5.32. The lowest BCUT2D eigenvalue weighted by Crippen LogP contribution is -2.32. The van der Waals surface area contributed by atoms with Gasteiger partial charge in [0.2, 0.25) is 0 Å². The van der Waals surface area contributed by atoms with Crippen molar-refractivity contribution >= 4 is 17.3 Å². The third-order valence-corrected chi connectivity index (χ3v) is 5.09. The summed E-state index contributed by atoms with van der Waals surface area (Å²) in [7, 11) is 0. The third-order valence-electron chi connectivity index (χ3n) is 4.08. The van der Waals surface area contributed by atoms with Crippen molar-refractivity contribution in [3.8, 4) is 0 Å². The summed E-state index contributed by atoms with van der Waals surface area (Å²) in [5.41, 5.74) is 3.37. The number of hydrogen-bond donors (Lipinski definition) is 0. The van der Waals surface area contributed by atoms with Crippen LogP contribution >= 0.6 is 11.3 Å². The Hall–Kier alpha value is -1.65. The monoisotopic (exact) mass is 315 g/mol. The summed E-state index contributed by atoms with van der Waals surface area (Å²) >= 11 is 1.69. The van der Waals surface area contributed by atoms with Gasteiger partial charge in [-0.15, -0.1) is 11.3 Å². The molecule has 0 unspecified atom stereocenters. The first-order valence-electron chi connectivity index (χ1n) is 7.80. The predicted molar refractivity (Wildman–Crippen MR) is 89.4 cm³/mol. The van der Waals surface area contributed by atoms with Gasteiger partial charge in [0.25, 0.3) is 0 Å². The van der Waals surface area contributed by atoms with Crippen LogP contribution in [0.15, 0.2) is 35.7 Å². The highest BCUT2D eigenvalue weighted by Gasteiger charge is 2.24. The Labute approximate surface area is 135 Å². The fourth-order valence-corrected chi connectivity index (χ4v) is 3.99. The van der Waals surface area contributed by atoms with Crippen molar-refractivity contribution in [2.24, 2.45) is 0 Å². The number of carbonyl (C=O) groups excluding carboxylic acids is 1. The minimum absolute atomic E-state index is 0.169. The van der Waals surface area contributed by atoms with E-state index in [1.54, 1.807) is 11.3 Å². The number of benzene rings is 1. The standard InChI is InChI=1S/C18H21NO2S/c1-2-21-18(20)16-13-22-17-12-19(11-9-15(16)17)10-8-14-6-4-3-5-7-14/h3-7,13H,2,8-12H2,1H3. The smallest absolute Gasteiger partial charge is 0.339 e. The van der Waals surface area contributed by atoms with Gasteiger partial charge in [-0.05, 0) is 30.9 Å². The molecule has 116 valence electrons. The van der Waals surface area contributed by atoms with E-state index < -0.39 is 0 Å². The van der Waals surface area contributed by atoms with Gasteiger partial charge >= 0.3 is 5.97 Å². The van der Waals surface area contributed by atoms with Crippen LogP contribution in [0.2, 0.25) is 0 Å². The van der Waals surface area contributed by atoms with E-state index in [-0.39, 0.29) is 5.97 Å². The number of fused-ring (bicyclic) bond motifs is 1. The summed E-state index contributed by atoms with van der Waals surface area (Å²) < 4.78 is 5.14. The highest BCUT2D eigenvalue weighted by atomic mass is 32.1. The van der Waals surface area contributed by atoms with Crippen LogP contribution in [0.3, 0.4) is 0 Å². The van der Waals surface area contributed by atoms with Crippen LogP contribution in [0.5, 0.6) is 0 Å². The lowest BCUT2D eigenvalue weighted by atomic mass is 10.0. The van der Waals surface area contributed by atoms with Gasteiger partial charge in [0.05, 0.1) is 12.2 Å². The maximum Gasteiger partial charge on any atom is 0.339 e. The van der Waals surface area contributed by atoms with Gasteiger partial charge in [0.1, 0.15) is 0 Å². The van der Waals surface area contributed by atoms with Gasteiger partial charge in [0.15, 0.2) is 0 Å². The normalized spacial score (nSPS) is 14.6. The van der Waals surface area contributed by atoms with Crippen molar-refractivity contribution in [2.45, 2.75) is 26.3 Å². The number of esters is 1. The van der Waals surface area contributed by atoms with E-state index >= 15 is 0 Å². The minimum atomic E-state index is -0.169. The van der Waals surface area contributed by atoms with Crippen LogP contribution in [-0.4, -0.2) is 30.6 Å². The molecule has 1 aromatic carbocycles. The third kappa shape index (κ3) is 3.39. The van der Waals surface area contributed by atoms with Gasteiger partial charge in [-0.3, -0.25) is 4.90 Å². The zero-order valence-electron chi connectivity index (χ0n) is 12.9. The van der Waals surface area contributed by atoms with Crippen LogP contribution < -0.4 is 0 Å². The van der Waals surface area contributed by atoms with Crippen molar-refractivity contribution in [3.63, 3.8) is 0 Å². The maximum absolute atomic E-state index is 11.9. The lowest BCUT2D eigenvalue weighted by Gasteiger charge is -2.27. The number of thiophene rings is 1. The molecule has 0 bridgehead atoms. The Bertz CT molecular complexity index is 636. The van der Waals surface area contributed by atoms with E-state index in [4.69, 9.17) is 4.74 Å². The molecule has 0 aliphatic carbocycles. The van der Waals surface area contributed by atoms with Crippen molar-refractivity contribution < 1.29 is 9.53 Å². The average Bonchev–Trinajstić information content (AvgIpc) is 2.97. The van der Waals surface area contributed by atoms with E-state index in [1.165, 1.54) is 16.0 Å². The number of rotatable bonds is 5. The Balaban J connectivity index is 1.61. The first kappa shape index (κ1) is 15.3. The molecule has 0 spiro atoms. The summed E-state index contributed by atoms with van der Waals surface area (Å²) in [6, 6.07) is 10.6. The van der Waals surface area contributed by atoms with Gasteiger partial charge in [0, 0.05) is 29.9 Å². The molecule has 0 radical (unpaired) electrons. The average molecular weight is 315 g/mol. The summed E-state index contributed by atoms with van der Waals surface area (Å²) in [6.07, 6.45) is 2.02. The molecule has 1 aliphatic rings. The molecule has 1 aliphatic heterocycles.